The van der Waals surface area contributed by atoms with Crippen LogP contribution >= 0.6 is 43.6 Å². The largest absolute Gasteiger partial charge is 1.00 e. The molecule has 0 aliphatic rings. The first kappa shape index (κ1) is 32.6. The number of halogens is 9. The average molecular weight is 614 g/mol. The van der Waals surface area contributed by atoms with Gasteiger partial charge in [-0.15, -0.1) is 11.8 Å². The standard InChI is InChI=1S/C8H7BrF3NS.C6H2BrF4N.C2H6S.Na/c1-2-14-6-3-5(8(10,11)12)4-13-7(6)9;7-5-4(8)1-3(2-12-5)6(9,10)11;1-2-3;/h3-4H,2H2,1H3;1-2H;3H,2H2,1H3;/q;;;+1/p-1. The molecule has 0 fully saturated rings. The van der Waals surface area contributed by atoms with Gasteiger partial charge >= 0.3 is 41.9 Å². The van der Waals surface area contributed by atoms with Crippen molar-refractivity contribution in [2.24, 2.45) is 0 Å². The van der Waals surface area contributed by atoms with Gasteiger partial charge in [-0.3, -0.25) is 0 Å². The van der Waals surface area contributed by atoms with Gasteiger partial charge in [-0.05, 0) is 49.7 Å². The number of hydrogen-bond donors (Lipinski definition) is 0. The fourth-order valence-electron chi connectivity index (χ4n) is 1.42. The third-order valence-corrected chi connectivity index (χ3v) is 4.95. The minimum Gasteiger partial charge on any atom is -0.793 e. The predicted octanol–water partition coefficient (Wildman–Crippen LogP) is 4.53. The Hall–Kier alpha value is 0.470. The van der Waals surface area contributed by atoms with E-state index in [4.69, 9.17) is 0 Å². The van der Waals surface area contributed by atoms with Gasteiger partial charge < -0.3 is 12.6 Å². The molecular weight excluding hydrogens is 600 g/mol. The van der Waals surface area contributed by atoms with E-state index in [0.717, 1.165) is 18.0 Å². The number of nitrogens with zero attached hydrogens (tertiary/aromatic N) is 2. The van der Waals surface area contributed by atoms with Crippen molar-refractivity contribution in [2.75, 3.05) is 11.5 Å². The number of rotatable bonds is 2. The Morgan fingerprint density at radius 2 is 1.30 bits per heavy atom. The maximum atomic E-state index is 12.5. The van der Waals surface area contributed by atoms with Crippen LogP contribution in [-0.4, -0.2) is 21.5 Å². The summed E-state index contributed by atoms with van der Waals surface area (Å²) in [4.78, 5) is 7.32. The smallest absolute Gasteiger partial charge is 0.793 e. The summed E-state index contributed by atoms with van der Waals surface area (Å²) in [5.74, 6) is 0.520. The normalized spacial score (nSPS) is 10.8. The van der Waals surface area contributed by atoms with E-state index in [1.165, 1.54) is 11.8 Å². The van der Waals surface area contributed by atoms with E-state index < -0.39 is 29.3 Å². The second kappa shape index (κ2) is 15.3. The Morgan fingerprint density at radius 3 is 1.67 bits per heavy atom. The molecule has 0 saturated heterocycles. The molecule has 14 heteroatoms. The van der Waals surface area contributed by atoms with E-state index in [1.807, 2.05) is 13.8 Å². The molecule has 0 saturated carbocycles. The summed E-state index contributed by atoms with van der Waals surface area (Å²) in [6.45, 7) is 3.81. The molecule has 0 unspecified atom stereocenters. The molecule has 0 bridgehead atoms. The molecule has 2 heterocycles. The molecule has 2 aromatic heterocycles. The molecule has 0 radical (unpaired) electrons. The fraction of sp³-hybridized carbons (Fsp3) is 0.375. The zero-order chi connectivity index (χ0) is 22.8. The van der Waals surface area contributed by atoms with E-state index in [0.29, 0.717) is 27.5 Å². The number of thioether (sulfide) groups is 1. The molecule has 0 N–H and O–H groups in total. The third kappa shape index (κ3) is 12.5. The Kier molecular flexibility index (Phi) is 16.7. The van der Waals surface area contributed by atoms with E-state index in [2.05, 4.69) is 54.5 Å². The topological polar surface area (TPSA) is 25.8 Å². The van der Waals surface area contributed by atoms with Crippen LogP contribution in [0.15, 0.2) is 38.6 Å². The van der Waals surface area contributed by atoms with Crippen LogP contribution in [0.25, 0.3) is 0 Å². The van der Waals surface area contributed by atoms with Crippen molar-refractivity contribution in [2.45, 2.75) is 31.1 Å². The molecule has 0 aromatic carbocycles. The van der Waals surface area contributed by atoms with Crippen LogP contribution in [-0.2, 0) is 25.0 Å². The molecular formula is C16H14Br2F7N2NaS2. The monoisotopic (exact) mass is 612 g/mol. The molecule has 0 spiro atoms. The summed E-state index contributed by atoms with van der Waals surface area (Å²) in [5.41, 5.74) is -1.81. The first-order chi connectivity index (χ1) is 13.3. The van der Waals surface area contributed by atoms with Crippen molar-refractivity contribution in [1.82, 2.24) is 9.97 Å². The molecule has 0 aliphatic heterocycles. The third-order valence-electron chi connectivity index (χ3n) is 2.56. The second-order valence-corrected chi connectivity index (χ2v) is 8.11. The Labute approximate surface area is 218 Å². The molecule has 2 nitrogen and oxygen atoms in total. The first-order valence-electron chi connectivity index (χ1n) is 7.59. The van der Waals surface area contributed by atoms with Gasteiger partial charge in [0.2, 0.25) is 0 Å². The quantitative estimate of drug-likeness (QED) is 0.163. The van der Waals surface area contributed by atoms with E-state index in [9.17, 15) is 30.7 Å². The minimum absolute atomic E-state index is 0. The second-order valence-electron chi connectivity index (χ2n) is 4.73. The van der Waals surface area contributed by atoms with Gasteiger partial charge in [0, 0.05) is 17.3 Å². The van der Waals surface area contributed by atoms with Gasteiger partial charge in [-0.25, -0.2) is 14.4 Å². The zero-order valence-corrected chi connectivity index (χ0v) is 22.6. The van der Waals surface area contributed by atoms with Crippen LogP contribution in [0.2, 0.25) is 0 Å². The van der Waals surface area contributed by atoms with Crippen molar-refractivity contribution in [3.63, 3.8) is 0 Å². The summed E-state index contributed by atoms with van der Waals surface area (Å²) >= 11 is 11.5. The van der Waals surface area contributed by atoms with Gasteiger partial charge in [0.1, 0.15) is 9.21 Å². The Morgan fingerprint density at radius 1 is 0.900 bits per heavy atom. The van der Waals surface area contributed by atoms with Crippen LogP contribution < -0.4 is 29.6 Å². The van der Waals surface area contributed by atoms with Gasteiger partial charge in [-0.1, -0.05) is 13.8 Å². The molecule has 0 atom stereocenters. The molecule has 2 aromatic rings. The van der Waals surface area contributed by atoms with Crippen LogP contribution in [0.3, 0.4) is 0 Å². The minimum atomic E-state index is -4.55. The number of aromatic nitrogens is 2. The Bertz CT molecular complexity index is 778. The molecule has 0 amide bonds. The molecule has 164 valence electrons. The SMILES string of the molecule is CCSc1cc(C(F)(F)F)cnc1Br.CC[S-].Fc1cc(C(F)(F)F)cnc1Br.[Na+]. The zero-order valence-electron chi connectivity index (χ0n) is 15.8. The van der Waals surface area contributed by atoms with Crippen molar-refractivity contribution in [1.29, 1.82) is 0 Å². The molecule has 0 aliphatic carbocycles. The number of hydrogen-bond acceptors (Lipinski definition) is 4. The van der Waals surface area contributed by atoms with Crippen molar-refractivity contribution in [3.05, 3.63) is 50.7 Å². The van der Waals surface area contributed by atoms with Crippen LogP contribution in [0.4, 0.5) is 30.7 Å². The van der Waals surface area contributed by atoms with Crippen LogP contribution in [0.5, 0.6) is 0 Å². The Balaban J connectivity index is 0. The maximum Gasteiger partial charge on any atom is 1.00 e. The molecule has 30 heavy (non-hydrogen) atoms. The first-order valence-corrected chi connectivity index (χ1v) is 10.7. The van der Waals surface area contributed by atoms with Crippen molar-refractivity contribution >= 4 is 56.3 Å². The van der Waals surface area contributed by atoms with E-state index in [1.54, 1.807) is 0 Å². The summed E-state index contributed by atoms with van der Waals surface area (Å²) in [5, 5.41) is 0. The van der Waals surface area contributed by atoms with Gasteiger partial charge in [0.15, 0.2) is 5.82 Å². The average Bonchev–Trinajstić information content (AvgIpc) is 2.59. The van der Waals surface area contributed by atoms with Gasteiger partial charge in [-0.2, -0.15) is 32.1 Å². The molecule has 2 rings (SSSR count). The van der Waals surface area contributed by atoms with Gasteiger partial charge in [0.25, 0.3) is 0 Å². The predicted molar refractivity (Wildman–Crippen MR) is 108 cm³/mol. The van der Waals surface area contributed by atoms with Gasteiger partial charge in [0.05, 0.1) is 11.1 Å². The number of alkyl halides is 6. The summed E-state index contributed by atoms with van der Waals surface area (Å²) in [6.07, 6.45) is -7.48. The van der Waals surface area contributed by atoms with Crippen LogP contribution in [0, 0.1) is 5.82 Å². The summed E-state index contributed by atoms with van der Waals surface area (Å²) in [7, 11) is 0. The van der Waals surface area contributed by atoms with Crippen molar-refractivity contribution < 1.29 is 60.3 Å². The summed E-state index contributed by atoms with van der Waals surface area (Å²) < 4.78 is 85.2. The van der Waals surface area contributed by atoms with Crippen LogP contribution in [0.1, 0.15) is 25.0 Å². The fourth-order valence-corrected chi connectivity index (χ4v) is 2.89. The number of pyridine rings is 2. The van der Waals surface area contributed by atoms with Crippen molar-refractivity contribution in [3.8, 4) is 0 Å². The van der Waals surface area contributed by atoms with E-state index >= 15 is 0 Å². The summed E-state index contributed by atoms with van der Waals surface area (Å²) in [6, 6.07) is 1.49. The van der Waals surface area contributed by atoms with E-state index in [-0.39, 0.29) is 34.2 Å². The maximum absolute atomic E-state index is 12.5.